The third-order valence-electron chi connectivity index (χ3n) is 2.20. The summed E-state index contributed by atoms with van der Waals surface area (Å²) < 4.78 is 10.2. The highest BCUT2D eigenvalue weighted by Crippen LogP contribution is 2.41. The van der Waals surface area contributed by atoms with Gasteiger partial charge in [-0.25, -0.2) is 0 Å². The Morgan fingerprint density at radius 1 is 1.50 bits per heavy atom. The molecule has 0 spiro atoms. The lowest BCUT2D eigenvalue weighted by Crippen LogP contribution is -2.05. The van der Waals surface area contributed by atoms with Crippen LogP contribution < -0.4 is 9.47 Å². The zero-order valence-corrected chi connectivity index (χ0v) is 8.90. The summed E-state index contributed by atoms with van der Waals surface area (Å²) in [5, 5.41) is 18.5. The van der Waals surface area contributed by atoms with Crippen LogP contribution in [0, 0.1) is 0 Å². The molecular formula is C10H9ClO5. The number of rotatable bonds is 3. The second-order valence-electron chi connectivity index (χ2n) is 3.35. The Labute approximate surface area is 96.2 Å². The van der Waals surface area contributed by atoms with Gasteiger partial charge in [-0.2, -0.15) is 0 Å². The molecule has 86 valence electrons. The molecule has 0 saturated heterocycles. The fourth-order valence-electron chi connectivity index (χ4n) is 1.46. The number of aliphatic hydroxyl groups excluding tert-OH is 1. The normalized spacial score (nSPS) is 14.9. The van der Waals surface area contributed by atoms with Crippen LogP contribution in [0.3, 0.4) is 0 Å². The lowest BCUT2D eigenvalue weighted by Gasteiger charge is -2.09. The average Bonchev–Trinajstić information content (AvgIpc) is 2.64. The highest BCUT2D eigenvalue weighted by Gasteiger charge is 2.21. The van der Waals surface area contributed by atoms with E-state index in [1.165, 1.54) is 12.1 Å². The first-order valence-electron chi connectivity index (χ1n) is 4.57. The zero-order chi connectivity index (χ0) is 11.7. The zero-order valence-electron chi connectivity index (χ0n) is 8.14. The SMILES string of the molecule is O=C(O)C[C@@H](O)c1cc(Cl)c2c(c1)OCO2. The predicted molar refractivity (Wildman–Crippen MR) is 54.8 cm³/mol. The summed E-state index contributed by atoms with van der Waals surface area (Å²) in [7, 11) is 0. The van der Waals surface area contributed by atoms with Crippen molar-refractivity contribution in [2.24, 2.45) is 0 Å². The second-order valence-corrected chi connectivity index (χ2v) is 3.76. The Kier molecular flexibility index (Phi) is 2.89. The fourth-order valence-corrected chi connectivity index (χ4v) is 1.74. The first-order valence-corrected chi connectivity index (χ1v) is 4.94. The van der Waals surface area contributed by atoms with E-state index in [1.54, 1.807) is 0 Å². The van der Waals surface area contributed by atoms with Gasteiger partial charge in [-0.15, -0.1) is 0 Å². The Balaban J connectivity index is 2.29. The monoisotopic (exact) mass is 244 g/mol. The van der Waals surface area contributed by atoms with Crippen LogP contribution >= 0.6 is 11.6 Å². The van der Waals surface area contributed by atoms with E-state index in [0.29, 0.717) is 22.1 Å². The fraction of sp³-hybridized carbons (Fsp3) is 0.300. The maximum absolute atomic E-state index is 10.5. The van der Waals surface area contributed by atoms with Crippen LogP contribution in [0.5, 0.6) is 11.5 Å². The molecule has 0 radical (unpaired) electrons. The molecule has 1 aliphatic heterocycles. The average molecular weight is 245 g/mol. The molecule has 2 rings (SSSR count). The maximum Gasteiger partial charge on any atom is 0.306 e. The van der Waals surface area contributed by atoms with Crippen LogP contribution in [0.2, 0.25) is 5.02 Å². The Bertz CT molecular complexity index is 431. The molecular weight excluding hydrogens is 236 g/mol. The molecule has 0 unspecified atom stereocenters. The molecule has 16 heavy (non-hydrogen) atoms. The number of carbonyl (C=O) groups is 1. The molecule has 6 heteroatoms. The summed E-state index contributed by atoms with van der Waals surface area (Å²) in [5.74, 6) is -0.235. The van der Waals surface area contributed by atoms with Crippen LogP contribution in [-0.2, 0) is 4.79 Å². The van der Waals surface area contributed by atoms with Gasteiger partial charge in [0.15, 0.2) is 11.5 Å². The molecule has 0 bridgehead atoms. The highest BCUT2D eigenvalue weighted by molar-refractivity contribution is 6.32. The topological polar surface area (TPSA) is 76.0 Å². The van der Waals surface area contributed by atoms with Gasteiger partial charge in [-0.1, -0.05) is 11.6 Å². The molecule has 0 aliphatic carbocycles. The third kappa shape index (κ3) is 2.05. The van der Waals surface area contributed by atoms with Gasteiger partial charge in [-0.05, 0) is 17.7 Å². The summed E-state index contributed by atoms with van der Waals surface area (Å²) in [6.07, 6.45) is -1.49. The van der Waals surface area contributed by atoms with E-state index in [2.05, 4.69) is 0 Å². The minimum absolute atomic E-state index is 0.0769. The third-order valence-corrected chi connectivity index (χ3v) is 2.48. The van der Waals surface area contributed by atoms with E-state index in [1.807, 2.05) is 0 Å². The number of hydrogen-bond acceptors (Lipinski definition) is 4. The minimum Gasteiger partial charge on any atom is -0.481 e. The van der Waals surface area contributed by atoms with Crippen LogP contribution in [0.1, 0.15) is 18.1 Å². The van der Waals surface area contributed by atoms with Crippen LogP contribution in [0.25, 0.3) is 0 Å². The van der Waals surface area contributed by atoms with Gasteiger partial charge < -0.3 is 19.7 Å². The molecule has 1 atom stereocenters. The van der Waals surface area contributed by atoms with Gasteiger partial charge in [0, 0.05) is 0 Å². The number of carboxylic acids is 1. The van der Waals surface area contributed by atoms with E-state index in [4.69, 9.17) is 26.2 Å². The summed E-state index contributed by atoms with van der Waals surface area (Å²) >= 11 is 5.89. The first kappa shape index (κ1) is 11.0. The van der Waals surface area contributed by atoms with Crippen molar-refractivity contribution in [3.05, 3.63) is 22.7 Å². The van der Waals surface area contributed by atoms with Gasteiger partial charge in [0.25, 0.3) is 0 Å². The van der Waals surface area contributed by atoms with Gasteiger partial charge >= 0.3 is 5.97 Å². The number of carboxylic acid groups (broad SMARTS) is 1. The first-order chi connectivity index (χ1) is 7.58. The van der Waals surface area contributed by atoms with E-state index in [0.717, 1.165) is 0 Å². The van der Waals surface area contributed by atoms with Crippen molar-refractivity contribution in [1.29, 1.82) is 0 Å². The van der Waals surface area contributed by atoms with Gasteiger partial charge in [0.05, 0.1) is 17.5 Å². The number of hydrogen-bond donors (Lipinski definition) is 2. The lowest BCUT2D eigenvalue weighted by molar-refractivity contribution is -0.139. The summed E-state index contributed by atoms with van der Waals surface area (Å²) in [6, 6.07) is 3.00. The minimum atomic E-state index is -1.11. The number of halogens is 1. The summed E-state index contributed by atoms with van der Waals surface area (Å²) in [6.45, 7) is 0.0769. The molecule has 5 nitrogen and oxygen atoms in total. The largest absolute Gasteiger partial charge is 0.481 e. The molecule has 1 heterocycles. The Morgan fingerprint density at radius 2 is 2.25 bits per heavy atom. The quantitative estimate of drug-likeness (QED) is 0.844. The van der Waals surface area contributed by atoms with Crippen LogP contribution in [0.4, 0.5) is 0 Å². The molecule has 2 N–H and O–H groups in total. The molecule has 1 aliphatic rings. The Morgan fingerprint density at radius 3 is 2.94 bits per heavy atom. The van der Waals surface area contributed by atoms with E-state index < -0.39 is 12.1 Å². The van der Waals surface area contributed by atoms with Crippen LogP contribution in [-0.4, -0.2) is 23.0 Å². The number of aliphatic carboxylic acids is 1. The molecule has 0 amide bonds. The smallest absolute Gasteiger partial charge is 0.306 e. The van der Waals surface area contributed by atoms with Gasteiger partial charge in [0.1, 0.15) is 0 Å². The predicted octanol–water partition coefficient (Wildman–Crippen LogP) is 1.58. The van der Waals surface area contributed by atoms with E-state index >= 15 is 0 Å². The van der Waals surface area contributed by atoms with Crippen molar-refractivity contribution in [2.45, 2.75) is 12.5 Å². The van der Waals surface area contributed by atoms with Crippen molar-refractivity contribution in [3.8, 4) is 11.5 Å². The van der Waals surface area contributed by atoms with Gasteiger partial charge in [0.2, 0.25) is 6.79 Å². The van der Waals surface area contributed by atoms with Crippen molar-refractivity contribution >= 4 is 17.6 Å². The summed E-state index contributed by atoms with van der Waals surface area (Å²) in [5.41, 5.74) is 0.400. The van der Waals surface area contributed by atoms with Gasteiger partial charge in [-0.3, -0.25) is 4.79 Å². The highest BCUT2D eigenvalue weighted by atomic mass is 35.5. The van der Waals surface area contributed by atoms with Crippen molar-refractivity contribution in [2.75, 3.05) is 6.79 Å². The number of aliphatic hydroxyl groups is 1. The molecule has 0 aromatic heterocycles. The van der Waals surface area contributed by atoms with Crippen LogP contribution in [0.15, 0.2) is 12.1 Å². The molecule has 1 aromatic rings. The maximum atomic E-state index is 10.5. The summed E-state index contributed by atoms with van der Waals surface area (Å²) in [4.78, 5) is 10.5. The van der Waals surface area contributed by atoms with Crippen molar-refractivity contribution in [3.63, 3.8) is 0 Å². The Hall–Kier alpha value is -1.46. The van der Waals surface area contributed by atoms with Crippen molar-refractivity contribution in [1.82, 2.24) is 0 Å². The second kappa shape index (κ2) is 4.19. The standard InChI is InChI=1S/C10H9ClO5/c11-6-1-5(7(12)3-9(13)14)2-8-10(6)16-4-15-8/h1-2,7,12H,3-4H2,(H,13,14)/t7-/m1/s1. The number of ether oxygens (including phenoxy) is 2. The van der Waals surface area contributed by atoms with E-state index in [9.17, 15) is 9.90 Å². The molecule has 1 aromatic carbocycles. The number of fused-ring (bicyclic) bond motifs is 1. The molecule has 0 fully saturated rings. The number of benzene rings is 1. The lowest BCUT2D eigenvalue weighted by atomic mass is 10.1. The van der Waals surface area contributed by atoms with E-state index in [-0.39, 0.29) is 13.2 Å². The molecule has 0 saturated carbocycles. The van der Waals surface area contributed by atoms with Crippen molar-refractivity contribution < 1.29 is 24.5 Å².